The van der Waals surface area contributed by atoms with Gasteiger partial charge in [-0.25, -0.2) is 4.68 Å². The van der Waals surface area contributed by atoms with Gasteiger partial charge in [-0.15, -0.1) is 0 Å². The van der Waals surface area contributed by atoms with Crippen molar-refractivity contribution >= 4 is 28.7 Å². The zero-order chi connectivity index (χ0) is 21.5. The monoisotopic (exact) mass is 406 g/mol. The Labute approximate surface area is 173 Å². The lowest BCUT2D eigenvalue weighted by atomic mass is 10.1. The fourth-order valence-electron chi connectivity index (χ4n) is 2.91. The van der Waals surface area contributed by atoms with Gasteiger partial charge in [0.25, 0.3) is 17.4 Å². The summed E-state index contributed by atoms with van der Waals surface area (Å²) in [5.74, 6) is -0.488. The van der Waals surface area contributed by atoms with Gasteiger partial charge in [-0.1, -0.05) is 36.4 Å². The normalized spacial score (nSPS) is 10.9. The molecule has 0 spiro atoms. The third-order valence-electron chi connectivity index (χ3n) is 4.31. The smallest absolute Gasteiger partial charge is 0.290 e. The molecule has 8 heteroatoms. The average Bonchev–Trinajstić information content (AvgIpc) is 2.77. The Morgan fingerprint density at radius 2 is 1.73 bits per heavy atom. The number of aryl methyl sites for hydroxylation is 1. The average molecular weight is 406 g/mol. The van der Waals surface area contributed by atoms with E-state index in [1.807, 2.05) is 31.2 Å². The number of carbonyl (C=O) groups is 2. The minimum absolute atomic E-state index is 0.0537. The van der Waals surface area contributed by atoms with Crippen LogP contribution in [0, 0.1) is 0 Å². The number of nitrogens with zero attached hydrogens (tertiary/aromatic N) is 2. The van der Waals surface area contributed by atoms with E-state index in [9.17, 15) is 14.4 Å². The molecule has 2 aromatic carbocycles. The van der Waals surface area contributed by atoms with Gasteiger partial charge in [0, 0.05) is 23.6 Å². The Hall–Kier alpha value is -3.94. The van der Waals surface area contributed by atoms with E-state index in [0.29, 0.717) is 29.7 Å². The van der Waals surface area contributed by atoms with Crippen molar-refractivity contribution < 1.29 is 14.3 Å². The summed E-state index contributed by atoms with van der Waals surface area (Å²) in [6.45, 7) is 4.46. The highest BCUT2D eigenvalue weighted by atomic mass is 16.5. The number of nitrogens with one attached hydrogen (secondary N) is 2. The van der Waals surface area contributed by atoms with Crippen LogP contribution in [-0.4, -0.2) is 28.2 Å². The molecule has 0 radical (unpaired) electrons. The van der Waals surface area contributed by atoms with E-state index in [2.05, 4.69) is 16.0 Å². The molecular formula is C22H22N4O4. The summed E-state index contributed by atoms with van der Waals surface area (Å²) in [5.41, 5.74) is 5.18. The fraction of sp³-hybridized carbons (Fsp3) is 0.182. The zero-order valence-corrected chi connectivity index (χ0v) is 16.7. The molecule has 0 aliphatic heterocycles. The second-order valence-corrected chi connectivity index (χ2v) is 6.26. The second kappa shape index (κ2) is 9.51. The van der Waals surface area contributed by atoms with Crippen LogP contribution in [0.3, 0.4) is 0 Å². The molecule has 0 unspecified atom stereocenters. The topological polar surface area (TPSA) is 102 Å². The molecule has 1 aromatic heterocycles. The van der Waals surface area contributed by atoms with Gasteiger partial charge in [-0.3, -0.25) is 25.2 Å². The first kappa shape index (κ1) is 20.8. The lowest BCUT2D eigenvalue weighted by Crippen LogP contribution is -2.42. The molecule has 0 fully saturated rings. The van der Waals surface area contributed by atoms with Crippen LogP contribution in [0.2, 0.25) is 0 Å². The van der Waals surface area contributed by atoms with Crippen LogP contribution in [0.15, 0.2) is 59.4 Å². The van der Waals surface area contributed by atoms with Gasteiger partial charge in [0.1, 0.15) is 5.75 Å². The van der Waals surface area contributed by atoms with Crippen molar-refractivity contribution in [2.24, 2.45) is 0 Å². The highest BCUT2D eigenvalue weighted by Gasteiger charge is 2.16. The Kier molecular flexibility index (Phi) is 6.59. The van der Waals surface area contributed by atoms with Crippen LogP contribution < -0.4 is 21.1 Å². The first-order valence-corrected chi connectivity index (χ1v) is 9.55. The quantitative estimate of drug-likeness (QED) is 0.483. The Morgan fingerprint density at radius 3 is 2.47 bits per heavy atom. The molecular weight excluding hydrogens is 384 g/mol. The number of aromatic nitrogens is 2. The molecule has 0 aliphatic carbocycles. The molecule has 154 valence electrons. The van der Waals surface area contributed by atoms with E-state index < -0.39 is 11.8 Å². The van der Waals surface area contributed by atoms with Gasteiger partial charge in [0.15, 0.2) is 5.69 Å². The van der Waals surface area contributed by atoms with E-state index in [1.54, 1.807) is 37.3 Å². The predicted octanol–water partition coefficient (Wildman–Crippen LogP) is 2.29. The molecule has 3 rings (SSSR count). The summed E-state index contributed by atoms with van der Waals surface area (Å²) in [7, 11) is 0. The van der Waals surface area contributed by atoms with Gasteiger partial charge < -0.3 is 4.74 Å². The van der Waals surface area contributed by atoms with Crippen molar-refractivity contribution in [1.29, 1.82) is 0 Å². The number of benzene rings is 2. The molecule has 3 aromatic rings. The third-order valence-corrected chi connectivity index (χ3v) is 4.31. The molecule has 8 nitrogen and oxygen atoms in total. The molecule has 0 saturated carbocycles. The Morgan fingerprint density at radius 1 is 1.03 bits per heavy atom. The van der Waals surface area contributed by atoms with Gasteiger partial charge >= 0.3 is 0 Å². The van der Waals surface area contributed by atoms with Crippen LogP contribution in [0.5, 0.6) is 5.75 Å². The number of rotatable bonds is 6. The molecule has 0 aliphatic rings. The van der Waals surface area contributed by atoms with E-state index in [4.69, 9.17) is 4.74 Å². The number of ether oxygens (including phenoxy) is 1. The van der Waals surface area contributed by atoms with Crippen molar-refractivity contribution in [1.82, 2.24) is 20.6 Å². The van der Waals surface area contributed by atoms with E-state index in [1.165, 1.54) is 10.8 Å². The van der Waals surface area contributed by atoms with Crippen molar-refractivity contribution in [2.75, 3.05) is 6.61 Å². The first-order valence-electron chi connectivity index (χ1n) is 9.55. The molecule has 0 atom stereocenters. The predicted molar refractivity (Wildman–Crippen MR) is 114 cm³/mol. The minimum Gasteiger partial charge on any atom is -0.493 e. The summed E-state index contributed by atoms with van der Waals surface area (Å²) in [6, 6.07) is 14.0. The van der Waals surface area contributed by atoms with Crippen LogP contribution in [0.25, 0.3) is 16.8 Å². The molecule has 2 amide bonds. The van der Waals surface area contributed by atoms with E-state index in [0.717, 1.165) is 5.56 Å². The maximum absolute atomic E-state index is 12.6. The SMILES string of the molecule is CCOc1ccccc1/C=C/C(=O)NNC(=O)c1nn(CC)c(=O)c2ccccc12. The molecule has 2 N–H and O–H groups in total. The largest absolute Gasteiger partial charge is 0.493 e. The van der Waals surface area contributed by atoms with E-state index in [-0.39, 0.29) is 11.3 Å². The number of amides is 2. The number of hydrogen-bond acceptors (Lipinski definition) is 5. The zero-order valence-electron chi connectivity index (χ0n) is 16.7. The van der Waals surface area contributed by atoms with Crippen LogP contribution in [0.1, 0.15) is 29.9 Å². The van der Waals surface area contributed by atoms with Gasteiger partial charge in [-0.05, 0) is 32.1 Å². The van der Waals surface area contributed by atoms with Crippen LogP contribution >= 0.6 is 0 Å². The van der Waals surface area contributed by atoms with Crippen LogP contribution in [0.4, 0.5) is 0 Å². The third kappa shape index (κ3) is 4.54. The minimum atomic E-state index is -0.620. The maximum Gasteiger partial charge on any atom is 0.290 e. The van der Waals surface area contributed by atoms with Crippen molar-refractivity contribution in [3.63, 3.8) is 0 Å². The maximum atomic E-state index is 12.6. The summed E-state index contributed by atoms with van der Waals surface area (Å²) >= 11 is 0. The highest BCUT2D eigenvalue weighted by Crippen LogP contribution is 2.19. The van der Waals surface area contributed by atoms with E-state index >= 15 is 0 Å². The highest BCUT2D eigenvalue weighted by molar-refractivity contribution is 6.05. The fourth-order valence-corrected chi connectivity index (χ4v) is 2.91. The number of fused-ring (bicyclic) bond motifs is 1. The standard InChI is InChI=1S/C22H22N4O4/c1-3-26-22(29)17-11-7-6-10-16(17)20(25-26)21(28)24-23-19(27)14-13-15-9-5-8-12-18(15)30-4-2/h5-14H,3-4H2,1-2H3,(H,23,27)(H,24,28)/b14-13+. The number of hydrazine groups is 1. The number of para-hydroxylation sites is 1. The van der Waals surface area contributed by atoms with Gasteiger partial charge in [0.2, 0.25) is 0 Å². The first-order chi connectivity index (χ1) is 14.5. The van der Waals surface area contributed by atoms with Gasteiger partial charge in [0.05, 0.1) is 12.0 Å². The van der Waals surface area contributed by atoms with Crippen molar-refractivity contribution in [3.8, 4) is 5.75 Å². The summed E-state index contributed by atoms with van der Waals surface area (Å²) < 4.78 is 6.72. The van der Waals surface area contributed by atoms with Crippen molar-refractivity contribution in [3.05, 3.63) is 76.2 Å². The molecule has 30 heavy (non-hydrogen) atoms. The number of hydrogen-bond donors (Lipinski definition) is 2. The lowest BCUT2D eigenvalue weighted by Gasteiger charge is -2.10. The summed E-state index contributed by atoms with van der Waals surface area (Å²) in [5, 5.41) is 4.93. The summed E-state index contributed by atoms with van der Waals surface area (Å²) in [4.78, 5) is 37.1. The summed E-state index contributed by atoms with van der Waals surface area (Å²) in [6.07, 6.45) is 2.88. The lowest BCUT2D eigenvalue weighted by molar-refractivity contribution is -0.117. The number of carbonyl (C=O) groups excluding carboxylic acids is 2. The second-order valence-electron chi connectivity index (χ2n) is 6.26. The Bertz CT molecular complexity index is 1170. The molecule has 0 bridgehead atoms. The Balaban J connectivity index is 1.74. The molecule has 1 heterocycles. The van der Waals surface area contributed by atoms with Crippen LogP contribution in [-0.2, 0) is 11.3 Å². The van der Waals surface area contributed by atoms with Gasteiger partial charge in [-0.2, -0.15) is 5.10 Å². The van der Waals surface area contributed by atoms with Crippen molar-refractivity contribution in [2.45, 2.75) is 20.4 Å². The molecule has 0 saturated heterocycles.